The van der Waals surface area contributed by atoms with Crippen molar-refractivity contribution in [2.75, 3.05) is 19.8 Å². The lowest BCUT2D eigenvalue weighted by atomic mass is 10.3. The van der Waals surface area contributed by atoms with E-state index >= 15 is 0 Å². The van der Waals surface area contributed by atoms with Crippen LogP contribution in [-0.4, -0.2) is 35.6 Å². The number of carbonyl (C=O) groups is 1. The van der Waals surface area contributed by atoms with Crippen LogP contribution in [0.4, 0.5) is 4.79 Å². The van der Waals surface area contributed by atoms with Crippen LogP contribution in [0, 0.1) is 0 Å². The summed E-state index contributed by atoms with van der Waals surface area (Å²) in [6.45, 7) is 0.430. The van der Waals surface area contributed by atoms with Crippen LogP contribution in [0.1, 0.15) is 12.8 Å². The highest BCUT2D eigenvalue weighted by Gasteiger charge is 2.10. The number of carbonyl (C=O) groups excluding carboxylic acids is 1. The van der Waals surface area contributed by atoms with E-state index < -0.39 is 7.60 Å². The van der Waals surface area contributed by atoms with Gasteiger partial charge in [0, 0.05) is 19.8 Å². The molecule has 4 N–H and O–H groups in total. The van der Waals surface area contributed by atoms with Gasteiger partial charge in [-0.3, -0.25) is 4.57 Å². The van der Waals surface area contributed by atoms with Crippen molar-refractivity contribution in [3.8, 4) is 0 Å². The molecule has 0 aromatic carbocycles. The Balaban J connectivity index is 3.27. The Hall–Kier alpha value is -0.580. The van der Waals surface area contributed by atoms with Crippen LogP contribution in [0.2, 0.25) is 0 Å². The van der Waals surface area contributed by atoms with Crippen molar-refractivity contribution in [1.29, 1.82) is 0 Å². The monoisotopic (exact) mass is 210 g/mol. The van der Waals surface area contributed by atoms with Gasteiger partial charge in [-0.2, -0.15) is 0 Å². The van der Waals surface area contributed by atoms with Gasteiger partial charge in [-0.1, -0.05) is 0 Å². The van der Waals surface area contributed by atoms with Crippen LogP contribution in [0.3, 0.4) is 0 Å². The molecule has 2 amide bonds. The van der Waals surface area contributed by atoms with Gasteiger partial charge in [-0.05, 0) is 12.8 Å². The number of amides is 2. The van der Waals surface area contributed by atoms with Gasteiger partial charge < -0.3 is 20.4 Å². The second-order valence-corrected chi connectivity index (χ2v) is 4.38. The van der Waals surface area contributed by atoms with Gasteiger partial charge in [0.05, 0.1) is 0 Å². The lowest BCUT2D eigenvalue weighted by Crippen LogP contribution is -2.33. The lowest BCUT2D eigenvalue weighted by Gasteiger charge is -2.04. The zero-order valence-electron chi connectivity index (χ0n) is 7.49. The first-order chi connectivity index (χ1) is 5.95. The fourth-order valence-corrected chi connectivity index (χ4v) is 1.37. The van der Waals surface area contributed by atoms with Crippen molar-refractivity contribution in [2.45, 2.75) is 12.8 Å². The van der Waals surface area contributed by atoms with E-state index in [1.165, 1.54) is 7.05 Å². The number of unbranched alkanes of at least 4 members (excludes halogenated alkanes) is 1. The third-order valence-electron chi connectivity index (χ3n) is 1.39. The van der Waals surface area contributed by atoms with Crippen molar-refractivity contribution in [3.63, 3.8) is 0 Å². The molecule has 6 nitrogen and oxygen atoms in total. The van der Waals surface area contributed by atoms with E-state index in [2.05, 4.69) is 10.6 Å². The molecular weight excluding hydrogens is 195 g/mol. The molecule has 78 valence electrons. The summed E-state index contributed by atoms with van der Waals surface area (Å²) in [5, 5.41) is 4.88. The Morgan fingerprint density at radius 2 is 2.00 bits per heavy atom. The molecule has 0 aromatic rings. The molecule has 0 aromatic heterocycles. The molecule has 7 heteroatoms. The van der Waals surface area contributed by atoms with Crippen molar-refractivity contribution < 1.29 is 19.1 Å². The van der Waals surface area contributed by atoms with Crippen LogP contribution in [-0.2, 0) is 4.57 Å². The first kappa shape index (κ1) is 12.4. The average molecular weight is 210 g/mol. The molecule has 0 bridgehead atoms. The molecule has 13 heavy (non-hydrogen) atoms. The van der Waals surface area contributed by atoms with E-state index in [1.54, 1.807) is 0 Å². The molecule has 0 rings (SSSR count). The molecule has 0 fully saturated rings. The standard InChI is InChI=1S/C6H15N2O4P/c1-7-6(9)8-4-2-3-5-13(10,11)12/h2-5H2,1H3,(H2,7,8,9)(H2,10,11,12). The fourth-order valence-electron chi connectivity index (χ4n) is 0.733. The van der Waals surface area contributed by atoms with Gasteiger partial charge in [0.2, 0.25) is 0 Å². The minimum atomic E-state index is -3.86. The Kier molecular flexibility index (Phi) is 5.70. The molecule has 0 unspecified atom stereocenters. The predicted octanol–water partition coefficient (Wildman–Crippen LogP) is -0.127. The average Bonchev–Trinajstić information content (AvgIpc) is 2.01. The zero-order chi connectivity index (χ0) is 10.3. The van der Waals surface area contributed by atoms with Crippen molar-refractivity contribution >= 4 is 13.6 Å². The van der Waals surface area contributed by atoms with Gasteiger partial charge in [0.25, 0.3) is 0 Å². The number of urea groups is 1. The minimum absolute atomic E-state index is 0.123. The second-order valence-electron chi connectivity index (χ2n) is 2.60. The number of hydrogen-bond acceptors (Lipinski definition) is 2. The highest BCUT2D eigenvalue weighted by Crippen LogP contribution is 2.35. The van der Waals surface area contributed by atoms with E-state index in [-0.39, 0.29) is 12.2 Å². The Bertz CT molecular complexity index is 203. The molecule has 0 spiro atoms. The van der Waals surface area contributed by atoms with Gasteiger partial charge in [0.15, 0.2) is 0 Å². The van der Waals surface area contributed by atoms with Crippen LogP contribution in [0.15, 0.2) is 0 Å². The summed E-state index contributed by atoms with van der Waals surface area (Å²) in [6.07, 6.45) is 0.856. The Morgan fingerprint density at radius 1 is 1.38 bits per heavy atom. The van der Waals surface area contributed by atoms with Crippen LogP contribution >= 0.6 is 7.60 Å². The van der Waals surface area contributed by atoms with E-state index in [9.17, 15) is 9.36 Å². The molecule has 0 aliphatic heterocycles. The zero-order valence-corrected chi connectivity index (χ0v) is 8.38. The molecule has 0 heterocycles. The van der Waals surface area contributed by atoms with Crippen molar-refractivity contribution in [2.24, 2.45) is 0 Å². The second kappa shape index (κ2) is 5.96. The van der Waals surface area contributed by atoms with Crippen LogP contribution in [0.5, 0.6) is 0 Å². The van der Waals surface area contributed by atoms with Crippen LogP contribution in [0.25, 0.3) is 0 Å². The molecule has 0 radical (unpaired) electrons. The van der Waals surface area contributed by atoms with Crippen molar-refractivity contribution in [1.82, 2.24) is 10.6 Å². The van der Waals surface area contributed by atoms with Gasteiger partial charge in [0.1, 0.15) is 0 Å². The summed E-state index contributed by atoms with van der Waals surface area (Å²) < 4.78 is 10.4. The Morgan fingerprint density at radius 3 is 2.46 bits per heavy atom. The molecular formula is C6H15N2O4P. The summed E-state index contributed by atoms with van der Waals surface area (Å²) in [5.74, 6) is 0. The summed E-state index contributed by atoms with van der Waals surface area (Å²) in [4.78, 5) is 27.6. The number of hydrogen-bond donors (Lipinski definition) is 4. The largest absolute Gasteiger partial charge is 0.341 e. The predicted molar refractivity (Wildman–Crippen MR) is 48.6 cm³/mol. The van der Waals surface area contributed by atoms with E-state index in [0.717, 1.165) is 0 Å². The van der Waals surface area contributed by atoms with E-state index in [0.29, 0.717) is 19.4 Å². The quantitative estimate of drug-likeness (QED) is 0.375. The molecule has 0 saturated heterocycles. The molecule has 0 saturated carbocycles. The van der Waals surface area contributed by atoms with Gasteiger partial charge in [-0.25, -0.2) is 4.79 Å². The smallest absolute Gasteiger partial charge is 0.325 e. The number of rotatable bonds is 5. The first-order valence-corrected chi connectivity index (χ1v) is 5.75. The summed E-state index contributed by atoms with van der Waals surface area (Å²) >= 11 is 0. The summed E-state index contributed by atoms with van der Waals surface area (Å²) in [6, 6.07) is -0.281. The van der Waals surface area contributed by atoms with Crippen molar-refractivity contribution in [3.05, 3.63) is 0 Å². The maximum absolute atomic E-state index is 10.6. The number of nitrogens with one attached hydrogen (secondary N) is 2. The Labute approximate surface area is 76.9 Å². The maximum Gasteiger partial charge on any atom is 0.325 e. The van der Waals surface area contributed by atoms with Gasteiger partial charge in [-0.15, -0.1) is 0 Å². The van der Waals surface area contributed by atoms with Gasteiger partial charge >= 0.3 is 13.6 Å². The topological polar surface area (TPSA) is 98.7 Å². The maximum atomic E-state index is 10.6. The highest BCUT2D eigenvalue weighted by molar-refractivity contribution is 7.51. The minimum Gasteiger partial charge on any atom is -0.341 e. The van der Waals surface area contributed by atoms with E-state index in [4.69, 9.17) is 9.79 Å². The molecule has 0 atom stereocenters. The molecule has 0 aliphatic rings. The molecule has 0 aliphatic carbocycles. The van der Waals surface area contributed by atoms with Crippen LogP contribution < -0.4 is 10.6 Å². The third kappa shape index (κ3) is 9.33. The summed E-state index contributed by atoms with van der Waals surface area (Å²) in [7, 11) is -2.36. The highest BCUT2D eigenvalue weighted by atomic mass is 31.2. The van der Waals surface area contributed by atoms with E-state index in [1.807, 2.05) is 0 Å². The fraction of sp³-hybridized carbons (Fsp3) is 0.833. The third-order valence-corrected chi connectivity index (χ3v) is 2.29. The summed E-state index contributed by atoms with van der Waals surface area (Å²) in [5.41, 5.74) is 0. The SMILES string of the molecule is CNC(=O)NCCCCP(=O)(O)O. The normalized spacial score (nSPS) is 11.0. The lowest BCUT2D eigenvalue weighted by molar-refractivity contribution is 0.243. The first-order valence-electron chi connectivity index (χ1n) is 3.96.